The first-order chi connectivity index (χ1) is 17.7. The standard InChI is InChI=1S/C29H45N3O5/c1-6-15-30(5)26(34)23-22-13-14-29(37-22)24(23)27(35)32(21(18-33)17-19(3)4)25(29)28(36)31(16-7-2)20-11-9-8-10-12-20/h6-7,19-25,33H,1-2,8-18H2,3-5H3/t21-,22+,23-,24+,25?,29?/m1/s1. The molecule has 0 aromatic carbocycles. The minimum atomic E-state index is -1.05. The van der Waals surface area contributed by atoms with Crippen molar-refractivity contribution in [1.29, 1.82) is 0 Å². The fourth-order valence-corrected chi connectivity index (χ4v) is 7.51. The lowest BCUT2D eigenvalue weighted by Crippen LogP contribution is -2.60. The summed E-state index contributed by atoms with van der Waals surface area (Å²) < 4.78 is 6.60. The number of ether oxygens (including phenoxy) is 1. The summed E-state index contributed by atoms with van der Waals surface area (Å²) in [5, 5.41) is 10.4. The molecule has 0 radical (unpaired) electrons. The normalized spacial score (nSPS) is 31.9. The quantitative estimate of drug-likeness (QED) is 0.428. The highest BCUT2D eigenvalue weighted by molar-refractivity contribution is 5.99. The van der Waals surface area contributed by atoms with Crippen LogP contribution >= 0.6 is 0 Å². The summed E-state index contributed by atoms with van der Waals surface area (Å²) in [6.45, 7) is 12.3. The Bertz CT molecular complexity index is 900. The summed E-state index contributed by atoms with van der Waals surface area (Å²) in [5.41, 5.74) is -1.05. The summed E-state index contributed by atoms with van der Waals surface area (Å²) in [6, 6.07) is -1.27. The van der Waals surface area contributed by atoms with Gasteiger partial charge >= 0.3 is 0 Å². The second kappa shape index (κ2) is 11.3. The molecule has 6 atom stereocenters. The predicted molar refractivity (Wildman–Crippen MR) is 141 cm³/mol. The van der Waals surface area contributed by atoms with E-state index >= 15 is 0 Å². The molecular formula is C29H45N3O5. The Morgan fingerprint density at radius 3 is 2.41 bits per heavy atom. The van der Waals surface area contributed by atoms with Gasteiger partial charge in [-0.15, -0.1) is 13.2 Å². The largest absolute Gasteiger partial charge is 0.394 e. The number of carbonyl (C=O) groups excluding carboxylic acids is 3. The molecule has 4 aliphatic rings. The van der Waals surface area contributed by atoms with E-state index in [0.717, 1.165) is 25.7 Å². The zero-order valence-electron chi connectivity index (χ0n) is 22.8. The third-order valence-corrected chi connectivity index (χ3v) is 9.01. The van der Waals surface area contributed by atoms with Crippen LogP contribution in [0, 0.1) is 17.8 Å². The van der Waals surface area contributed by atoms with E-state index in [9.17, 15) is 19.5 Å². The van der Waals surface area contributed by atoms with Crippen molar-refractivity contribution in [2.75, 3.05) is 26.7 Å². The number of carbonyl (C=O) groups is 3. The summed E-state index contributed by atoms with van der Waals surface area (Å²) >= 11 is 0. The molecule has 1 spiro atoms. The Morgan fingerprint density at radius 2 is 1.81 bits per heavy atom. The second-order valence-electron chi connectivity index (χ2n) is 11.8. The number of likely N-dealkylation sites (tertiary alicyclic amines) is 1. The lowest BCUT2D eigenvalue weighted by molar-refractivity contribution is -0.153. The molecular weight excluding hydrogens is 470 g/mol. The number of rotatable bonds is 11. The van der Waals surface area contributed by atoms with Crippen molar-refractivity contribution >= 4 is 17.7 Å². The molecule has 1 N–H and O–H groups in total. The van der Waals surface area contributed by atoms with Crippen molar-refractivity contribution in [3.05, 3.63) is 25.3 Å². The molecule has 1 saturated carbocycles. The number of fused-ring (bicyclic) bond motifs is 1. The van der Waals surface area contributed by atoms with Gasteiger partial charge in [-0.25, -0.2) is 0 Å². The van der Waals surface area contributed by atoms with E-state index in [4.69, 9.17) is 4.74 Å². The minimum Gasteiger partial charge on any atom is -0.394 e. The average molecular weight is 516 g/mol. The maximum absolute atomic E-state index is 14.5. The third-order valence-electron chi connectivity index (χ3n) is 9.01. The van der Waals surface area contributed by atoms with E-state index in [-0.39, 0.29) is 42.4 Å². The Labute approximate surface area is 221 Å². The van der Waals surface area contributed by atoms with Crippen LogP contribution in [0.1, 0.15) is 65.2 Å². The van der Waals surface area contributed by atoms with Crippen LogP contribution in [0.2, 0.25) is 0 Å². The number of nitrogens with zero attached hydrogens (tertiary/aromatic N) is 3. The van der Waals surface area contributed by atoms with Gasteiger partial charge in [0.15, 0.2) is 0 Å². The SMILES string of the molecule is C=CCN(C)C(=O)[C@@H]1[C@@H]2CCC3(O2)C(C(=O)N(CC=C)C2CCCCC2)N([C@@H](CO)CC(C)C)C(=O)[C@H]13. The van der Waals surface area contributed by atoms with Gasteiger partial charge in [-0.05, 0) is 38.0 Å². The Hall–Kier alpha value is -2.19. The van der Waals surface area contributed by atoms with Gasteiger partial charge < -0.3 is 24.5 Å². The van der Waals surface area contributed by atoms with Crippen LogP contribution in [-0.4, -0.2) is 94.1 Å². The van der Waals surface area contributed by atoms with Gasteiger partial charge in [0.2, 0.25) is 17.7 Å². The van der Waals surface area contributed by atoms with Gasteiger partial charge in [0.25, 0.3) is 0 Å². The fraction of sp³-hybridized carbons (Fsp3) is 0.759. The van der Waals surface area contributed by atoms with E-state index in [1.165, 1.54) is 6.42 Å². The average Bonchev–Trinajstić information content (AvgIpc) is 3.53. The topological polar surface area (TPSA) is 90.4 Å². The predicted octanol–water partition coefficient (Wildman–Crippen LogP) is 2.76. The minimum absolute atomic E-state index is 0.0964. The van der Waals surface area contributed by atoms with Crippen molar-refractivity contribution < 1.29 is 24.2 Å². The van der Waals surface area contributed by atoms with Crippen LogP contribution in [0.5, 0.6) is 0 Å². The lowest BCUT2D eigenvalue weighted by Gasteiger charge is -2.42. The van der Waals surface area contributed by atoms with Gasteiger partial charge in [-0.1, -0.05) is 45.3 Å². The maximum Gasteiger partial charge on any atom is 0.248 e. The van der Waals surface area contributed by atoms with E-state index in [1.54, 1.807) is 29.0 Å². The van der Waals surface area contributed by atoms with Crippen molar-refractivity contribution in [1.82, 2.24) is 14.7 Å². The molecule has 4 rings (SSSR count). The molecule has 2 bridgehead atoms. The fourth-order valence-electron chi connectivity index (χ4n) is 7.51. The van der Waals surface area contributed by atoms with E-state index in [2.05, 4.69) is 13.2 Å². The Morgan fingerprint density at radius 1 is 1.14 bits per heavy atom. The highest BCUT2D eigenvalue weighted by atomic mass is 16.5. The smallest absolute Gasteiger partial charge is 0.248 e. The van der Waals surface area contributed by atoms with Crippen LogP contribution in [0.3, 0.4) is 0 Å². The first-order valence-electron chi connectivity index (χ1n) is 14.1. The van der Waals surface area contributed by atoms with Crippen molar-refractivity contribution in [2.24, 2.45) is 17.8 Å². The van der Waals surface area contributed by atoms with Crippen molar-refractivity contribution in [3.63, 3.8) is 0 Å². The number of amides is 3. The Kier molecular flexibility index (Phi) is 8.48. The summed E-state index contributed by atoms with van der Waals surface area (Å²) in [7, 11) is 1.71. The molecule has 37 heavy (non-hydrogen) atoms. The molecule has 3 aliphatic heterocycles. The zero-order chi connectivity index (χ0) is 26.9. The van der Waals surface area contributed by atoms with Crippen LogP contribution in [-0.2, 0) is 19.1 Å². The first-order valence-corrected chi connectivity index (χ1v) is 14.1. The molecule has 3 saturated heterocycles. The maximum atomic E-state index is 14.5. The van der Waals surface area contributed by atoms with Gasteiger partial charge in [-0.2, -0.15) is 0 Å². The van der Waals surface area contributed by atoms with E-state index in [0.29, 0.717) is 32.4 Å². The number of aliphatic hydroxyl groups is 1. The zero-order valence-corrected chi connectivity index (χ0v) is 22.8. The van der Waals surface area contributed by atoms with Gasteiger partial charge in [-0.3, -0.25) is 14.4 Å². The molecule has 8 heteroatoms. The molecule has 206 valence electrons. The highest BCUT2D eigenvalue weighted by Crippen LogP contribution is 2.59. The molecule has 2 unspecified atom stereocenters. The summed E-state index contributed by atoms with van der Waals surface area (Å²) in [4.78, 5) is 47.5. The molecule has 4 fully saturated rings. The van der Waals surface area contributed by atoms with Crippen molar-refractivity contribution in [2.45, 2.75) is 95.0 Å². The van der Waals surface area contributed by atoms with Gasteiger partial charge in [0.1, 0.15) is 11.6 Å². The van der Waals surface area contributed by atoms with Crippen LogP contribution in [0.4, 0.5) is 0 Å². The Balaban J connectivity index is 1.77. The number of hydrogen-bond donors (Lipinski definition) is 1. The lowest BCUT2D eigenvalue weighted by atomic mass is 9.70. The second-order valence-corrected chi connectivity index (χ2v) is 11.8. The van der Waals surface area contributed by atoms with Crippen molar-refractivity contribution in [3.8, 4) is 0 Å². The molecule has 3 amide bonds. The monoisotopic (exact) mass is 515 g/mol. The number of hydrogen-bond acceptors (Lipinski definition) is 5. The number of likely N-dealkylation sites (N-methyl/N-ethyl adjacent to an activating group) is 1. The van der Waals surface area contributed by atoms with Gasteiger partial charge in [0, 0.05) is 26.2 Å². The first kappa shape index (κ1) is 27.8. The van der Waals surface area contributed by atoms with Crippen LogP contribution < -0.4 is 0 Å². The molecule has 0 aromatic heterocycles. The molecule has 3 heterocycles. The van der Waals surface area contributed by atoms with Gasteiger partial charge in [0.05, 0.1) is 30.6 Å². The number of aliphatic hydroxyl groups excluding tert-OH is 1. The van der Waals surface area contributed by atoms with Crippen LogP contribution in [0.15, 0.2) is 25.3 Å². The van der Waals surface area contributed by atoms with Crippen LogP contribution in [0.25, 0.3) is 0 Å². The molecule has 1 aliphatic carbocycles. The van der Waals surface area contributed by atoms with E-state index in [1.807, 2.05) is 18.7 Å². The molecule has 8 nitrogen and oxygen atoms in total. The summed E-state index contributed by atoms with van der Waals surface area (Å²) in [5.74, 6) is -1.64. The highest BCUT2D eigenvalue weighted by Gasteiger charge is 2.75. The third kappa shape index (κ3) is 4.76. The molecule has 0 aromatic rings. The van der Waals surface area contributed by atoms with E-state index < -0.39 is 29.5 Å². The summed E-state index contributed by atoms with van der Waals surface area (Å²) in [6.07, 6.45) is 9.98.